The summed E-state index contributed by atoms with van der Waals surface area (Å²) in [5.41, 5.74) is 0.560. The minimum Gasteiger partial charge on any atom is -0.294 e. The molecule has 16 heavy (non-hydrogen) atoms. The number of ketones is 1. The molecule has 0 aliphatic heterocycles. The summed E-state index contributed by atoms with van der Waals surface area (Å²) in [4.78, 5) is 11.9. The van der Waals surface area contributed by atoms with Crippen LogP contribution in [0.15, 0.2) is 29.2 Å². The average Bonchev–Trinajstić information content (AvgIpc) is 2.28. The molecule has 0 spiro atoms. The topological polar surface area (TPSA) is 51.2 Å². The Labute approximate surface area is 96.4 Å². The molecule has 0 aromatic heterocycles. The Morgan fingerprint density at radius 2 is 1.69 bits per heavy atom. The third-order valence-electron chi connectivity index (χ3n) is 2.40. The molecule has 0 saturated carbocycles. The minimum atomic E-state index is -3.17. The molecule has 0 radical (unpaired) electrons. The van der Waals surface area contributed by atoms with E-state index in [1.807, 2.05) is 13.8 Å². The number of hydrogen-bond donors (Lipinski definition) is 0. The highest BCUT2D eigenvalue weighted by molar-refractivity contribution is 7.91. The SMILES string of the molecule is CCS(=O)(=O)c1ccc(C(=O)C(C)C)cc1. The Hall–Kier alpha value is -1.16. The molecule has 1 aromatic rings. The fourth-order valence-electron chi connectivity index (χ4n) is 1.33. The molecule has 1 aromatic carbocycles. The molecule has 0 atom stereocenters. The maximum absolute atomic E-state index is 11.6. The van der Waals surface area contributed by atoms with Crippen LogP contribution < -0.4 is 0 Å². The number of benzene rings is 1. The second-order valence-corrected chi connectivity index (χ2v) is 6.23. The van der Waals surface area contributed by atoms with E-state index in [2.05, 4.69) is 0 Å². The molecular weight excluding hydrogens is 224 g/mol. The third-order valence-corrected chi connectivity index (χ3v) is 4.15. The Morgan fingerprint density at radius 3 is 2.06 bits per heavy atom. The van der Waals surface area contributed by atoms with Gasteiger partial charge in [-0.3, -0.25) is 4.79 Å². The van der Waals surface area contributed by atoms with Crippen molar-refractivity contribution in [1.29, 1.82) is 0 Å². The second kappa shape index (κ2) is 4.78. The molecule has 88 valence electrons. The first-order chi connectivity index (χ1) is 7.38. The first-order valence-corrected chi connectivity index (χ1v) is 6.90. The van der Waals surface area contributed by atoms with E-state index in [1.165, 1.54) is 12.1 Å². The minimum absolute atomic E-state index is 0.0282. The van der Waals surface area contributed by atoms with Crippen molar-refractivity contribution in [3.8, 4) is 0 Å². The molecule has 0 saturated heterocycles. The largest absolute Gasteiger partial charge is 0.294 e. The molecular formula is C12H16O3S. The van der Waals surface area contributed by atoms with E-state index in [-0.39, 0.29) is 22.3 Å². The highest BCUT2D eigenvalue weighted by atomic mass is 32.2. The van der Waals surface area contributed by atoms with Gasteiger partial charge in [0.25, 0.3) is 0 Å². The van der Waals surface area contributed by atoms with Gasteiger partial charge in [-0.25, -0.2) is 8.42 Å². The van der Waals surface area contributed by atoms with Crippen LogP contribution in [-0.4, -0.2) is 20.0 Å². The number of hydrogen-bond acceptors (Lipinski definition) is 3. The Bertz CT molecular complexity index is 469. The molecule has 0 aliphatic carbocycles. The van der Waals surface area contributed by atoms with Crippen molar-refractivity contribution >= 4 is 15.6 Å². The number of Topliss-reactive ketones (excluding diaryl/α,β-unsaturated/α-hetero) is 1. The molecule has 1 rings (SSSR count). The molecule has 0 N–H and O–H groups in total. The van der Waals surface area contributed by atoms with Crippen molar-refractivity contribution in [1.82, 2.24) is 0 Å². The standard InChI is InChI=1S/C12H16O3S/c1-4-16(14,15)11-7-5-10(6-8-11)12(13)9(2)3/h5-9H,4H2,1-3H3. The number of carbonyl (C=O) groups excluding carboxylic acids is 1. The zero-order chi connectivity index (χ0) is 12.3. The highest BCUT2D eigenvalue weighted by Gasteiger charge is 2.14. The summed E-state index contributed by atoms with van der Waals surface area (Å²) in [7, 11) is -3.17. The Kier molecular flexibility index (Phi) is 3.86. The molecule has 4 heteroatoms. The molecule has 0 unspecified atom stereocenters. The van der Waals surface area contributed by atoms with E-state index in [9.17, 15) is 13.2 Å². The lowest BCUT2D eigenvalue weighted by Gasteiger charge is -2.05. The predicted octanol–water partition coefficient (Wildman–Crippen LogP) is 2.32. The Morgan fingerprint density at radius 1 is 1.19 bits per heavy atom. The van der Waals surface area contributed by atoms with Gasteiger partial charge in [-0.05, 0) is 12.1 Å². The van der Waals surface area contributed by atoms with Gasteiger partial charge in [0, 0.05) is 11.5 Å². The van der Waals surface area contributed by atoms with E-state index in [4.69, 9.17) is 0 Å². The lowest BCUT2D eigenvalue weighted by atomic mass is 10.0. The summed E-state index contributed by atoms with van der Waals surface area (Å²) in [5.74, 6) is 0.0267. The molecule has 0 bridgehead atoms. The summed E-state index contributed by atoms with van der Waals surface area (Å²) >= 11 is 0. The van der Waals surface area contributed by atoms with Crippen LogP contribution in [0, 0.1) is 5.92 Å². The van der Waals surface area contributed by atoms with Crippen molar-refractivity contribution in [2.45, 2.75) is 25.7 Å². The van der Waals surface area contributed by atoms with E-state index in [1.54, 1.807) is 19.1 Å². The maximum Gasteiger partial charge on any atom is 0.178 e. The van der Waals surface area contributed by atoms with Crippen molar-refractivity contribution in [2.24, 2.45) is 5.92 Å². The van der Waals surface area contributed by atoms with E-state index in [0.717, 1.165) is 0 Å². The van der Waals surface area contributed by atoms with Gasteiger partial charge in [0.15, 0.2) is 15.6 Å². The zero-order valence-corrected chi connectivity index (χ0v) is 10.5. The van der Waals surface area contributed by atoms with Gasteiger partial charge in [-0.1, -0.05) is 32.9 Å². The summed E-state index contributed by atoms with van der Waals surface area (Å²) < 4.78 is 23.1. The number of sulfone groups is 1. The summed E-state index contributed by atoms with van der Waals surface area (Å²) in [5, 5.41) is 0. The van der Waals surface area contributed by atoms with Crippen LogP contribution in [0.25, 0.3) is 0 Å². The van der Waals surface area contributed by atoms with E-state index in [0.29, 0.717) is 5.56 Å². The van der Waals surface area contributed by atoms with Gasteiger partial charge in [0.05, 0.1) is 10.6 Å². The Balaban J connectivity index is 3.06. The van der Waals surface area contributed by atoms with Gasteiger partial charge in [-0.15, -0.1) is 0 Å². The van der Waals surface area contributed by atoms with E-state index >= 15 is 0 Å². The molecule has 3 nitrogen and oxygen atoms in total. The first kappa shape index (κ1) is 12.9. The molecule has 0 fully saturated rings. The fourth-order valence-corrected chi connectivity index (χ4v) is 2.21. The van der Waals surface area contributed by atoms with Crippen LogP contribution in [0.4, 0.5) is 0 Å². The van der Waals surface area contributed by atoms with Crippen LogP contribution in [0.5, 0.6) is 0 Å². The lowest BCUT2D eigenvalue weighted by molar-refractivity contribution is 0.0939. The molecule has 0 amide bonds. The van der Waals surface area contributed by atoms with Gasteiger partial charge < -0.3 is 0 Å². The third kappa shape index (κ3) is 2.70. The summed E-state index contributed by atoms with van der Waals surface area (Å²) in [6.07, 6.45) is 0. The monoisotopic (exact) mass is 240 g/mol. The van der Waals surface area contributed by atoms with Crippen LogP contribution in [0.1, 0.15) is 31.1 Å². The van der Waals surface area contributed by atoms with Gasteiger partial charge in [-0.2, -0.15) is 0 Å². The summed E-state index contributed by atoms with van der Waals surface area (Å²) in [6, 6.07) is 6.14. The highest BCUT2D eigenvalue weighted by Crippen LogP contribution is 2.14. The fraction of sp³-hybridized carbons (Fsp3) is 0.417. The predicted molar refractivity (Wildman–Crippen MR) is 63.3 cm³/mol. The van der Waals surface area contributed by atoms with Crippen LogP contribution >= 0.6 is 0 Å². The number of rotatable bonds is 4. The van der Waals surface area contributed by atoms with Crippen molar-refractivity contribution in [2.75, 3.05) is 5.75 Å². The second-order valence-electron chi connectivity index (χ2n) is 3.95. The van der Waals surface area contributed by atoms with Crippen molar-refractivity contribution < 1.29 is 13.2 Å². The summed E-state index contributed by atoms with van der Waals surface area (Å²) in [6.45, 7) is 5.24. The quantitative estimate of drug-likeness (QED) is 0.759. The molecule has 0 heterocycles. The van der Waals surface area contributed by atoms with Crippen LogP contribution in [-0.2, 0) is 9.84 Å². The van der Waals surface area contributed by atoms with Crippen LogP contribution in [0.2, 0.25) is 0 Å². The van der Waals surface area contributed by atoms with Gasteiger partial charge in [0.1, 0.15) is 0 Å². The van der Waals surface area contributed by atoms with Gasteiger partial charge >= 0.3 is 0 Å². The van der Waals surface area contributed by atoms with E-state index < -0.39 is 9.84 Å². The van der Waals surface area contributed by atoms with Gasteiger partial charge in [0.2, 0.25) is 0 Å². The van der Waals surface area contributed by atoms with Crippen LogP contribution in [0.3, 0.4) is 0 Å². The molecule has 0 aliphatic rings. The number of carbonyl (C=O) groups is 1. The average molecular weight is 240 g/mol. The smallest absolute Gasteiger partial charge is 0.178 e. The lowest BCUT2D eigenvalue weighted by Crippen LogP contribution is -2.08. The first-order valence-electron chi connectivity index (χ1n) is 5.25. The maximum atomic E-state index is 11.6. The van der Waals surface area contributed by atoms with Crippen molar-refractivity contribution in [3.63, 3.8) is 0 Å². The normalized spacial score (nSPS) is 11.8. The zero-order valence-electron chi connectivity index (χ0n) is 9.73. The van der Waals surface area contributed by atoms with Crippen molar-refractivity contribution in [3.05, 3.63) is 29.8 Å².